The zero-order valence-electron chi connectivity index (χ0n) is 18.7. The van der Waals surface area contributed by atoms with Gasteiger partial charge in [0.1, 0.15) is 0 Å². The first-order valence-corrected chi connectivity index (χ1v) is 10.5. The van der Waals surface area contributed by atoms with Gasteiger partial charge >= 0.3 is 0 Å². The molecular weight excluding hydrogens is 348 g/mol. The molecule has 0 amide bonds. The van der Waals surface area contributed by atoms with Crippen LogP contribution in [-0.4, -0.2) is 0 Å². The van der Waals surface area contributed by atoms with E-state index in [2.05, 4.69) is 94.8 Å². The van der Waals surface area contributed by atoms with Crippen molar-refractivity contribution in [3.8, 4) is 0 Å². The standard InChI is InChI=1S/C29H34/c1-8-11-22(3)23(4)17-19-27-13-10-15-29(25(6)20-24(5)26(27)7)28-14-9-12-21(2)16-18-28/h8,10,14,16-20,25H,2,7,9,12-13H2,1,3-6H3. The summed E-state index contributed by atoms with van der Waals surface area (Å²) in [6.45, 7) is 19.1. The predicted octanol–water partition coefficient (Wildman–Crippen LogP) is 8.44. The fourth-order valence-electron chi connectivity index (χ4n) is 3.51. The molecule has 29 heavy (non-hydrogen) atoms. The van der Waals surface area contributed by atoms with Gasteiger partial charge in [0.15, 0.2) is 0 Å². The summed E-state index contributed by atoms with van der Waals surface area (Å²) in [6.07, 6.45) is 20.3. The summed E-state index contributed by atoms with van der Waals surface area (Å²) in [4.78, 5) is 0. The average molecular weight is 383 g/mol. The molecule has 0 heteroatoms. The van der Waals surface area contributed by atoms with E-state index in [-0.39, 0.29) is 5.92 Å². The lowest BCUT2D eigenvalue weighted by molar-refractivity contribution is 0.870. The molecule has 0 aliphatic heterocycles. The van der Waals surface area contributed by atoms with Crippen LogP contribution in [0.3, 0.4) is 0 Å². The molecule has 0 saturated heterocycles. The molecule has 0 nitrogen and oxygen atoms in total. The molecule has 0 aromatic rings. The molecule has 1 unspecified atom stereocenters. The first kappa shape index (κ1) is 22.5. The molecule has 0 bridgehead atoms. The Hall–Kier alpha value is -2.78. The molecule has 2 aliphatic rings. The van der Waals surface area contributed by atoms with Gasteiger partial charge in [-0.2, -0.15) is 0 Å². The summed E-state index contributed by atoms with van der Waals surface area (Å²) in [6, 6.07) is 0. The Kier molecular flexibility index (Phi) is 8.29. The third kappa shape index (κ3) is 6.37. The molecule has 0 radical (unpaired) electrons. The van der Waals surface area contributed by atoms with Gasteiger partial charge in [0.2, 0.25) is 0 Å². The van der Waals surface area contributed by atoms with E-state index in [1.54, 1.807) is 0 Å². The highest BCUT2D eigenvalue weighted by molar-refractivity contribution is 5.51. The normalized spacial score (nSPS) is 22.0. The van der Waals surface area contributed by atoms with E-state index in [4.69, 9.17) is 0 Å². The van der Waals surface area contributed by atoms with Gasteiger partial charge in [0.05, 0.1) is 0 Å². The molecule has 150 valence electrons. The molecule has 0 aromatic carbocycles. The zero-order valence-corrected chi connectivity index (χ0v) is 18.7. The lowest BCUT2D eigenvalue weighted by Crippen LogP contribution is -1.99. The summed E-state index contributed by atoms with van der Waals surface area (Å²) >= 11 is 0. The van der Waals surface area contributed by atoms with Crippen LogP contribution in [0.2, 0.25) is 0 Å². The van der Waals surface area contributed by atoms with Crippen molar-refractivity contribution >= 4 is 0 Å². The van der Waals surface area contributed by atoms with Gasteiger partial charge in [-0.05, 0) is 92.5 Å². The Morgan fingerprint density at radius 3 is 2.72 bits per heavy atom. The van der Waals surface area contributed by atoms with Crippen molar-refractivity contribution in [2.24, 2.45) is 5.92 Å². The van der Waals surface area contributed by atoms with Gasteiger partial charge in [-0.15, -0.1) is 11.5 Å². The Bertz CT molecular complexity index is 963. The van der Waals surface area contributed by atoms with Crippen LogP contribution in [-0.2, 0) is 0 Å². The summed E-state index contributed by atoms with van der Waals surface area (Å²) in [5.41, 5.74) is 16.5. The fraction of sp³-hybridized carbons (Fsp3) is 0.310. The number of allylic oxidation sites excluding steroid dienone is 14. The lowest BCUT2D eigenvalue weighted by atomic mass is 9.90. The van der Waals surface area contributed by atoms with Gasteiger partial charge < -0.3 is 0 Å². The van der Waals surface area contributed by atoms with Crippen LogP contribution in [0.4, 0.5) is 0 Å². The SMILES string of the molecule is C=C1C=CC(C2=C=CCC(=CC=C(C)C(C)=C=CC)C(=C)C(C)=CC2C)=CCC1. The summed E-state index contributed by atoms with van der Waals surface area (Å²) in [5, 5.41) is 0. The smallest absolute Gasteiger partial charge is 0.00747 e. The minimum absolute atomic E-state index is 0.279. The molecule has 0 aromatic heterocycles. The Morgan fingerprint density at radius 2 is 2.00 bits per heavy atom. The van der Waals surface area contributed by atoms with Gasteiger partial charge in [0, 0.05) is 11.5 Å². The van der Waals surface area contributed by atoms with Crippen LogP contribution < -0.4 is 0 Å². The van der Waals surface area contributed by atoms with Gasteiger partial charge in [-0.1, -0.05) is 62.1 Å². The third-order valence-corrected chi connectivity index (χ3v) is 5.52. The third-order valence-electron chi connectivity index (χ3n) is 5.52. The quantitative estimate of drug-likeness (QED) is 0.339. The van der Waals surface area contributed by atoms with Crippen LogP contribution in [0.1, 0.15) is 53.9 Å². The minimum Gasteiger partial charge on any atom is -0.122 e. The average Bonchev–Trinajstić information content (AvgIpc) is 2.88. The second-order valence-corrected chi connectivity index (χ2v) is 7.87. The highest BCUT2D eigenvalue weighted by Gasteiger charge is 2.14. The maximum absolute atomic E-state index is 4.38. The highest BCUT2D eigenvalue weighted by Crippen LogP contribution is 2.30. The first-order chi connectivity index (χ1) is 13.8. The van der Waals surface area contributed by atoms with Gasteiger partial charge in [0.25, 0.3) is 0 Å². The topological polar surface area (TPSA) is 0 Å². The minimum atomic E-state index is 0.279. The Balaban J connectivity index is 2.46. The second kappa shape index (κ2) is 10.7. The summed E-state index contributed by atoms with van der Waals surface area (Å²) < 4.78 is 0. The van der Waals surface area contributed by atoms with E-state index in [1.807, 2.05) is 13.0 Å². The van der Waals surface area contributed by atoms with Crippen molar-refractivity contribution in [3.63, 3.8) is 0 Å². The maximum atomic E-state index is 4.38. The van der Waals surface area contributed by atoms with Crippen LogP contribution in [0.5, 0.6) is 0 Å². The van der Waals surface area contributed by atoms with Crippen LogP contribution >= 0.6 is 0 Å². The van der Waals surface area contributed by atoms with Crippen LogP contribution in [0, 0.1) is 5.92 Å². The van der Waals surface area contributed by atoms with Crippen molar-refractivity contribution in [2.45, 2.75) is 53.9 Å². The largest absolute Gasteiger partial charge is 0.122 e. The number of hydrogen-bond acceptors (Lipinski definition) is 0. The molecule has 0 N–H and O–H groups in total. The van der Waals surface area contributed by atoms with E-state index in [9.17, 15) is 0 Å². The lowest BCUT2D eigenvalue weighted by Gasteiger charge is -2.14. The van der Waals surface area contributed by atoms with Crippen LogP contribution in [0.25, 0.3) is 0 Å². The molecule has 2 rings (SSSR count). The van der Waals surface area contributed by atoms with Crippen molar-refractivity contribution in [1.29, 1.82) is 0 Å². The molecular formula is C29H34. The van der Waals surface area contributed by atoms with Crippen molar-refractivity contribution in [1.82, 2.24) is 0 Å². The molecule has 0 fully saturated rings. The Labute approximate surface area is 177 Å². The second-order valence-electron chi connectivity index (χ2n) is 7.87. The van der Waals surface area contributed by atoms with Crippen molar-refractivity contribution in [2.75, 3.05) is 0 Å². The Morgan fingerprint density at radius 1 is 1.24 bits per heavy atom. The monoisotopic (exact) mass is 382 g/mol. The first-order valence-electron chi connectivity index (χ1n) is 10.5. The van der Waals surface area contributed by atoms with Crippen LogP contribution in [0.15, 0.2) is 118 Å². The number of hydrogen-bond donors (Lipinski definition) is 0. The van der Waals surface area contributed by atoms with E-state index in [1.165, 1.54) is 33.4 Å². The molecule has 1 atom stereocenters. The van der Waals surface area contributed by atoms with E-state index >= 15 is 0 Å². The fourth-order valence-corrected chi connectivity index (χ4v) is 3.51. The molecule has 0 spiro atoms. The molecule has 2 aliphatic carbocycles. The molecule has 0 heterocycles. The van der Waals surface area contributed by atoms with Crippen molar-refractivity contribution in [3.05, 3.63) is 118 Å². The summed E-state index contributed by atoms with van der Waals surface area (Å²) in [5.74, 6) is 0.279. The van der Waals surface area contributed by atoms with E-state index in [0.29, 0.717) is 0 Å². The number of rotatable bonds is 3. The molecule has 0 saturated carbocycles. The van der Waals surface area contributed by atoms with Crippen molar-refractivity contribution < 1.29 is 0 Å². The van der Waals surface area contributed by atoms with E-state index < -0.39 is 0 Å². The van der Waals surface area contributed by atoms with Gasteiger partial charge in [-0.25, -0.2) is 0 Å². The maximum Gasteiger partial charge on any atom is 0.00747 e. The predicted molar refractivity (Wildman–Crippen MR) is 129 cm³/mol. The highest BCUT2D eigenvalue weighted by atomic mass is 14.2. The van der Waals surface area contributed by atoms with Gasteiger partial charge in [-0.3, -0.25) is 0 Å². The summed E-state index contributed by atoms with van der Waals surface area (Å²) in [7, 11) is 0. The zero-order chi connectivity index (χ0) is 21.4. The van der Waals surface area contributed by atoms with E-state index in [0.717, 1.165) is 30.4 Å².